The Morgan fingerprint density at radius 1 is 0.958 bits per heavy atom. The lowest BCUT2D eigenvalue weighted by atomic mass is 10.1. The molecule has 0 aromatic heterocycles. The molecule has 3 aromatic rings. The third-order valence-corrected chi connectivity index (χ3v) is 3.71. The zero-order chi connectivity index (χ0) is 17.1. The number of rotatable bonds is 3. The lowest BCUT2D eigenvalue weighted by Crippen LogP contribution is -2.19. The molecule has 3 N–H and O–H groups in total. The molecule has 0 spiro atoms. The van der Waals surface area contributed by atoms with Crippen molar-refractivity contribution in [3.8, 4) is 11.5 Å². The number of amides is 1. The maximum absolute atomic E-state index is 12.2. The molecular weight excluding hydrogens is 304 g/mol. The van der Waals surface area contributed by atoms with E-state index in [1.54, 1.807) is 19.1 Å². The summed E-state index contributed by atoms with van der Waals surface area (Å²) in [6, 6.07) is 17.4. The molecule has 0 aliphatic rings. The average Bonchev–Trinajstić information content (AvgIpc) is 2.59. The molecule has 0 unspecified atom stereocenters. The largest absolute Gasteiger partial charge is 0.508 e. The molecule has 5 nitrogen and oxygen atoms in total. The second kappa shape index (κ2) is 6.42. The van der Waals surface area contributed by atoms with Crippen molar-refractivity contribution >= 4 is 22.4 Å². The van der Waals surface area contributed by atoms with Crippen LogP contribution in [0.4, 0.5) is 0 Å². The maximum atomic E-state index is 12.2. The summed E-state index contributed by atoms with van der Waals surface area (Å²) in [5.41, 5.74) is 3.85. The molecule has 0 saturated carbocycles. The van der Waals surface area contributed by atoms with Gasteiger partial charge >= 0.3 is 0 Å². The molecule has 5 heteroatoms. The topological polar surface area (TPSA) is 81.9 Å². The number of benzene rings is 3. The fourth-order valence-corrected chi connectivity index (χ4v) is 2.42. The van der Waals surface area contributed by atoms with Gasteiger partial charge in [-0.3, -0.25) is 4.79 Å². The van der Waals surface area contributed by atoms with Crippen LogP contribution in [0.3, 0.4) is 0 Å². The van der Waals surface area contributed by atoms with Gasteiger partial charge in [-0.15, -0.1) is 0 Å². The average molecular weight is 320 g/mol. The van der Waals surface area contributed by atoms with Crippen LogP contribution in [-0.2, 0) is 0 Å². The Morgan fingerprint density at radius 3 is 2.46 bits per heavy atom. The minimum absolute atomic E-state index is 0.0377. The molecule has 0 heterocycles. The Balaban J connectivity index is 1.80. The van der Waals surface area contributed by atoms with Crippen molar-refractivity contribution in [3.05, 3.63) is 71.8 Å². The third-order valence-electron chi connectivity index (χ3n) is 3.71. The van der Waals surface area contributed by atoms with Gasteiger partial charge in [0.2, 0.25) is 0 Å². The van der Waals surface area contributed by atoms with Crippen molar-refractivity contribution in [2.75, 3.05) is 0 Å². The monoisotopic (exact) mass is 320 g/mol. The number of nitrogens with one attached hydrogen (secondary N) is 1. The minimum Gasteiger partial charge on any atom is -0.508 e. The van der Waals surface area contributed by atoms with Gasteiger partial charge in [-0.2, -0.15) is 5.10 Å². The van der Waals surface area contributed by atoms with Crippen molar-refractivity contribution in [2.24, 2.45) is 5.10 Å². The van der Waals surface area contributed by atoms with Crippen LogP contribution in [0.5, 0.6) is 11.5 Å². The van der Waals surface area contributed by atoms with Crippen molar-refractivity contribution in [1.82, 2.24) is 5.43 Å². The smallest absolute Gasteiger partial charge is 0.271 e. The maximum Gasteiger partial charge on any atom is 0.271 e. The highest BCUT2D eigenvalue weighted by atomic mass is 16.3. The van der Waals surface area contributed by atoms with E-state index in [0.29, 0.717) is 16.8 Å². The molecule has 3 rings (SSSR count). The van der Waals surface area contributed by atoms with Crippen LogP contribution in [0.1, 0.15) is 22.8 Å². The number of carbonyl (C=O) groups excluding carboxylic acids is 1. The SMILES string of the molecule is C/C(=N/NC(=O)c1ccc2ccccc2c1)c1ccc(O)cc1O. The molecule has 3 aromatic carbocycles. The van der Waals surface area contributed by atoms with Crippen molar-refractivity contribution < 1.29 is 15.0 Å². The Morgan fingerprint density at radius 2 is 1.71 bits per heavy atom. The van der Waals surface area contributed by atoms with E-state index in [1.807, 2.05) is 30.3 Å². The predicted molar refractivity (Wildman–Crippen MR) is 93.4 cm³/mol. The zero-order valence-electron chi connectivity index (χ0n) is 13.0. The molecular formula is C19H16N2O3. The van der Waals surface area contributed by atoms with E-state index in [9.17, 15) is 15.0 Å². The van der Waals surface area contributed by atoms with Crippen molar-refractivity contribution in [3.63, 3.8) is 0 Å². The molecule has 0 aliphatic heterocycles. The van der Waals surface area contributed by atoms with Crippen LogP contribution in [0, 0.1) is 0 Å². The van der Waals surface area contributed by atoms with Gasteiger partial charge in [0, 0.05) is 17.2 Å². The second-order valence-corrected chi connectivity index (χ2v) is 5.40. The van der Waals surface area contributed by atoms with Crippen molar-refractivity contribution in [2.45, 2.75) is 6.92 Å². The molecule has 1 amide bonds. The Labute approximate surface area is 138 Å². The van der Waals surface area contributed by atoms with Gasteiger partial charge < -0.3 is 10.2 Å². The predicted octanol–water partition coefficient (Wildman–Crippen LogP) is 3.41. The number of aromatic hydroxyl groups is 2. The zero-order valence-corrected chi connectivity index (χ0v) is 13.0. The fourth-order valence-electron chi connectivity index (χ4n) is 2.42. The van der Waals surface area contributed by atoms with E-state index in [2.05, 4.69) is 10.5 Å². The quantitative estimate of drug-likeness (QED) is 0.511. The molecule has 120 valence electrons. The van der Waals surface area contributed by atoms with Crippen molar-refractivity contribution in [1.29, 1.82) is 0 Å². The molecule has 0 aliphatic carbocycles. The van der Waals surface area contributed by atoms with E-state index in [1.165, 1.54) is 18.2 Å². The lowest BCUT2D eigenvalue weighted by molar-refractivity contribution is 0.0955. The highest BCUT2D eigenvalue weighted by Crippen LogP contribution is 2.23. The summed E-state index contributed by atoms with van der Waals surface area (Å²) in [6.07, 6.45) is 0. The lowest BCUT2D eigenvalue weighted by Gasteiger charge is -2.06. The molecule has 24 heavy (non-hydrogen) atoms. The number of hydrogen-bond acceptors (Lipinski definition) is 4. The number of fused-ring (bicyclic) bond motifs is 1. The molecule has 0 radical (unpaired) electrons. The first kappa shape index (κ1) is 15.6. The van der Waals surface area contributed by atoms with Crippen LogP contribution in [0.15, 0.2) is 65.8 Å². The van der Waals surface area contributed by atoms with Gasteiger partial charge in [-0.1, -0.05) is 30.3 Å². The van der Waals surface area contributed by atoms with Gasteiger partial charge in [0.15, 0.2) is 0 Å². The van der Waals surface area contributed by atoms with Gasteiger partial charge in [-0.25, -0.2) is 5.43 Å². The van der Waals surface area contributed by atoms with Gasteiger partial charge in [0.1, 0.15) is 11.5 Å². The number of nitrogens with zero attached hydrogens (tertiary/aromatic N) is 1. The summed E-state index contributed by atoms with van der Waals surface area (Å²) in [4.78, 5) is 12.2. The van der Waals surface area contributed by atoms with Crippen LogP contribution in [0.25, 0.3) is 10.8 Å². The van der Waals surface area contributed by atoms with Gasteiger partial charge in [-0.05, 0) is 42.0 Å². The van der Waals surface area contributed by atoms with E-state index in [4.69, 9.17) is 0 Å². The molecule has 0 atom stereocenters. The van der Waals surface area contributed by atoms with Crippen LogP contribution in [-0.4, -0.2) is 21.8 Å². The van der Waals surface area contributed by atoms with E-state index < -0.39 is 0 Å². The Kier molecular flexibility index (Phi) is 4.16. The Bertz CT molecular complexity index is 948. The highest BCUT2D eigenvalue weighted by molar-refractivity contribution is 6.03. The fraction of sp³-hybridized carbons (Fsp3) is 0.0526. The summed E-state index contributed by atoms with van der Waals surface area (Å²) >= 11 is 0. The Hall–Kier alpha value is -3.34. The standard InChI is InChI=1S/C19H16N2O3/c1-12(17-9-8-16(22)11-18(17)23)20-21-19(24)15-7-6-13-4-2-3-5-14(13)10-15/h2-11,22-23H,1H3,(H,21,24)/b20-12-. The van der Waals surface area contributed by atoms with E-state index in [0.717, 1.165) is 10.8 Å². The summed E-state index contributed by atoms with van der Waals surface area (Å²) < 4.78 is 0. The first-order chi connectivity index (χ1) is 11.5. The second-order valence-electron chi connectivity index (χ2n) is 5.40. The molecule has 0 bridgehead atoms. The number of phenolic OH excluding ortho intramolecular Hbond substituents is 2. The summed E-state index contributed by atoms with van der Waals surface area (Å²) in [5.74, 6) is -0.473. The van der Waals surface area contributed by atoms with Crippen LogP contribution >= 0.6 is 0 Å². The first-order valence-corrected chi connectivity index (χ1v) is 7.40. The van der Waals surface area contributed by atoms with Gasteiger partial charge in [0.05, 0.1) is 5.71 Å². The molecule has 0 fully saturated rings. The third kappa shape index (κ3) is 3.20. The number of carbonyl (C=O) groups is 1. The molecule has 0 saturated heterocycles. The highest BCUT2D eigenvalue weighted by Gasteiger charge is 2.08. The van der Waals surface area contributed by atoms with Crippen LogP contribution < -0.4 is 5.43 Å². The van der Waals surface area contributed by atoms with Gasteiger partial charge in [0.25, 0.3) is 5.91 Å². The summed E-state index contributed by atoms with van der Waals surface area (Å²) in [6.45, 7) is 1.66. The van der Waals surface area contributed by atoms with Crippen LogP contribution in [0.2, 0.25) is 0 Å². The van der Waals surface area contributed by atoms with E-state index in [-0.39, 0.29) is 17.4 Å². The summed E-state index contributed by atoms with van der Waals surface area (Å²) in [5, 5.41) is 25.2. The first-order valence-electron chi connectivity index (χ1n) is 7.40. The van der Waals surface area contributed by atoms with E-state index >= 15 is 0 Å². The summed E-state index contributed by atoms with van der Waals surface area (Å²) in [7, 11) is 0. The number of hydrogen-bond donors (Lipinski definition) is 3. The number of phenols is 2. The normalized spacial score (nSPS) is 11.5. The number of hydrazone groups is 1. The minimum atomic E-state index is -0.335.